The number of benzene rings is 1. The van der Waals surface area contributed by atoms with Crippen LogP contribution in [-0.2, 0) is 9.47 Å². The molecular weight excluding hydrogens is 268 g/mol. The summed E-state index contributed by atoms with van der Waals surface area (Å²) in [5.41, 5.74) is 1.25. The van der Waals surface area contributed by atoms with Crippen LogP contribution in [0.25, 0.3) is 0 Å². The van der Waals surface area contributed by atoms with Gasteiger partial charge in [0.15, 0.2) is 6.29 Å². The first-order chi connectivity index (χ1) is 10.3. The minimum Gasteiger partial charge on any atom is -0.488 e. The van der Waals surface area contributed by atoms with Crippen molar-refractivity contribution in [2.45, 2.75) is 20.1 Å². The van der Waals surface area contributed by atoms with E-state index >= 15 is 0 Å². The molecule has 0 spiro atoms. The van der Waals surface area contributed by atoms with Crippen LogP contribution in [0.3, 0.4) is 0 Å². The van der Waals surface area contributed by atoms with Gasteiger partial charge in [-0.1, -0.05) is 0 Å². The summed E-state index contributed by atoms with van der Waals surface area (Å²) in [5.74, 6) is 0.846. The lowest BCUT2D eigenvalue weighted by Crippen LogP contribution is -2.43. The summed E-state index contributed by atoms with van der Waals surface area (Å²) >= 11 is 0. The van der Waals surface area contributed by atoms with Gasteiger partial charge in [-0.15, -0.1) is 0 Å². The van der Waals surface area contributed by atoms with Crippen LogP contribution in [0, 0.1) is 0 Å². The van der Waals surface area contributed by atoms with E-state index in [1.807, 2.05) is 26.0 Å². The van der Waals surface area contributed by atoms with E-state index in [2.05, 4.69) is 22.3 Å². The molecule has 0 aliphatic carbocycles. The van der Waals surface area contributed by atoms with Gasteiger partial charge in [0.05, 0.1) is 0 Å². The van der Waals surface area contributed by atoms with Crippen molar-refractivity contribution < 1.29 is 14.2 Å². The van der Waals surface area contributed by atoms with E-state index in [0.717, 1.165) is 31.9 Å². The Morgan fingerprint density at radius 3 is 2.24 bits per heavy atom. The van der Waals surface area contributed by atoms with Gasteiger partial charge in [-0.25, -0.2) is 0 Å². The molecule has 5 heteroatoms. The molecule has 1 aliphatic rings. The third-order valence-corrected chi connectivity index (χ3v) is 3.41. The molecule has 0 saturated carbocycles. The average Bonchev–Trinajstić information content (AvgIpc) is 2.54. The van der Waals surface area contributed by atoms with E-state index in [4.69, 9.17) is 14.2 Å². The zero-order valence-corrected chi connectivity index (χ0v) is 13.0. The van der Waals surface area contributed by atoms with Crippen LogP contribution in [0.2, 0.25) is 0 Å². The van der Waals surface area contributed by atoms with Crippen molar-refractivity contribution in [2.24, 2.45) is 0 Å². The number of hydrogen-bond acceptors (Lipinski definition) is 5. The fourth-order valence-electron chi connectivity index (χ4n) is 2.36. The topological polar surface area (TPSA) is 43.0 Å². The first kappa shape index (κ1) is 16.1. The maximum Gasteiger partial charge on any atom is 0.191 e. The zero-order chi connectivity index (χ0) is 14.9. The first-order valence-electron chi connectivity index (χ1n) is 7.75. The molecule has 0 aromatic heterocycles. The zero-order valence-electron chi connectivity index (χ0n) is 13.0. The van der Waals surface area contributed by atoms with Crippen molar-refractivity contribution in [1.29, 1.82) is 0 Å². The van der Waals surface area contributed by atoms with Gasteiger partial charge in [0.2, 0.25) is 0 Å². The molecule has 1 aromatic rings. The largest absolute Gasteiger partial charge is 0.488 e. The smallest absolute Gasteiger partial charge is 0.191 e. The van der Waals surface area contributed by atoms with Crippen LogP contribution in [0.4, 0.5) is 5.69 Å². The number of anilines is 1. The van der Waals surface area contributed by atoms with Crippen molar-refractivity contribution in [1.82, 2.24) is 5.32 Å². The van der Waals surface area contributed by atoms with E-state index in [9.17, 15) is 0 Å². The molecule has 21 heavy (non-hydrogen) atoms. The second-order valence-corrected chi connectivity index (χ2v) is 4.88. The first-order valence-corrected chi connectivity index (χ1v) is 7.75. The average molecular weight is 294 g/mol. The molecule has 0 bridgehead atoms. The molecule has 1 heterocycles. The lowest BCUT2D eigenvalue weighted by atomic mass is 10.2. The predicted octanol–water partition coefficient (Wildman–Crippen LogP) is 1.87. The quantitative estimate of drug-likeness (QED) is 0.742. The maximum atomic E-state index is 5.73. The summed E-state index contributed by atoms with van der Waals surface area (Å²) < 4.78 is 16.7. The molecular formula is C16H26N2O3. The highest BCUT2D eigenvalue weighted by atomic mass is 16.7. The summed E-state index contributed by atoms with van der Waals surface area (Å²) in [6, 6.07) is 8.23. The number of ether oxygens (including phenoxy) is 3. The van der Waals surface area contributed by atoms with Gasteiger partial charge in [-0.3, -0.25) is 0 Å². The standard InChI is InChI=1S/C16H26N2O3/c1-3-19-16(20-4-2)13-21-15-7-5-14(6-8-15)18-11-9-17-10-12-18/h5-8,16-17H,3-4,9-13H2,1-2H3. The molecule has 0 atom stereocenters. The van der Waals surface area contributed by atoms with Crippen molar-refractivity contribution in [3.05, 3.63) is 24.3 Å². The van der Waals surface area contributed by atoms with E-state index in [1.54, 1.807) is 0 Å². The van der Waals surface area contributed by atoms with Crippen LogP contribution >= 0.6 is 0 Å². The Bertz CT molecular complexity index is 385. The van der Waals surface area contributed by atoms with Gasteiger partial charge >= 0.3 is 0 Å². The predicted molar refractivity (Wildman–Crippen MR) is 84.1 cm³/mol. The molecule has 0 unspecified atom stereocenters. The second-order valence-electron chi connectivity index (χ2n) is 4.88. The summed E-state index contributed by atoms with van der Waals surface area (Å²) in [6.45, 7) is 9.75. The molecule has 1 N–H and O–H groups in total. The lowest BCUT2D eigenvalue weighted by Gasteiger charge is -2.29. The summed E-state index contributed by atoms with van der Waals surface area (Å²) in [4.78, 5) is 2.38. The number of nitrogens with zero attached hydrogens (tertiary/aromatic N) is 1. The highest BCUT2D eigenvalue weighted by Gasteiger charge is 2.11. The Hall–Kier alpha value is -1.30. The summed E-state index contributed by atoms with van der Waals surface area (Å²) in [6.07, 6.45) is -0.298. The molecule has 2 rings (SSSR count). The molecule has 0 radical (unpaired) electrons. The van der Waals surface area contributed by atoms with Gasteiger partial charge in [-0.2, -0.15) is 0 Å². The van der Waals surface area contributed by atoms with Gasteiger partial charge in [0.25, 0.3) is 0 Å². The van der Waals surface area contributed by atoms with Crippen LogP contribution in [0.15, 0.2) is 24.3 Å². The number of nitrogens with one attached hydrogen (secondary N) is 1. The van der Waals surface area contributed by atoms with Crippen molar-refractivity contribution in [3.8, 4) is 5.75 Å². The Labute approximate surface area is 127 Å². The Morgan fingerprint density at radius 1 is 1.05 bits per heavy atom. The normalized spacial score (nSPS) is 15.5. The van der Waals surface area contributed by atoms with Gasteiger partial charge < -0.3 is 24.4 Å². The third kappa shape index (κ3) is 5.19. The van der Waals surface area contributed by atoms with Gasteiger partial charge in [-0.05, 0) is 38.1 Å². The van der Waals surface area contributed by atoms with E-state index in [1.165, 1.54) is 5.69 Å². The molecule has 5 nitrogen and oxygen atoms in total. The monoisotopic (exact) mass is 294 g/mol. The lowest BCUT2D eigenvalue weighted by molar-refractivity contribution is -0.152. The van der Waals surface area contributed by atoms with Gasteiger partial charge in [0, 0.05) is 45.1 Å². The molecule has 0 amide bonds. The van der Waals surface area contributed by atoms with Crippen LogP contribution in [0.5, 0.6) is 5.75 Å². The number of rotatable bonds is 8. The Balaban J connectivity index is 1.83. The molecule has 1 aromatic carbocycles. The molecule has 118 valence electrons. The summed E-state index contributed by atoms with van der Waals surface area (Å²) in [7, 11) is 0. The van der Waals surface area contributed by atoms with Gasteiger partial charge in [0.1, 0.15) is 12.4 Å². The third-order valence-electron chi connectivity index (χ3n) is 3.41. The van der Waals surface area contributed by atoms with Crippen LogP contribution in [0.1, 0.15) is 13.8 Å². The minimum atomic E-state index is -0.298. The highest BCUT2D eigenvalue weighted by molar-refractivity contribution is 5.49. The van der Waals surface area contributed by atoms with E-state index in [-0.39, 0.29) is 6.29 Å². The van der Waals surface area contributed by atoms with Crippen molar-refractivity contribution in [3.63, 3.8) is 0 Å². The minimum absolute atomic E-state index is 0.298. The SMILES string of the molecule is CCOC(COc1ccc(N2CCNCC2)cc1)OCC. The molecule has 1 fully saturated rings. The summed E-state index contributed by atoms with van der Waals surface area (Å²) in [5, 5.41) is 3.36. The highest BCUT2D eigenvalue weighted by Crippen LogP contribution is 2.20. The maximum absolute atomic E-state index is 5.73. The van der Waals surface area contributed by atoms with Crippen molar-refractivity contribution >= 4 is 5.69 Å². The number of piperazine rings is 1. The second kappa shape index (κ2) is 8.87. The van der Waals surface area contributed by atoms with E-state index < -0.39 is 0 Å². The van der Waals surface area contributed by atoms with E-state index in [0.29, 0.717) is 19.8 Å². The fraction of sp³-hybridized carbons (Fsp3) is 0.625. The van der Waals surface area contributed by atoms with Crippen molar-refractivity contribution in [2.75, 3.05) is 50.9 Å². The fourth-order valence-corrected chi connectivity index (χ4v) is 2.36. The van der Waals surface area contributed by atoms with Crippen LogP contribution < -0.4 is 15.0 Å². The Morgan fingerprint density at radius 2 is 1.67 bits per heavy atom. The van der Waals surface area contributed by atoms with Crippen LogP contribution in [-0.4, -0.2) is 52.3 Å². The number of hydrogen-bond donors (Lipinski definition) is 1. The molecule has 1 saturated heterocycles. The Kier molecular flexibility index (Phi) is 6.79. The molecule has 1 aliphatic heterocycles.